The van der Waals surface area contributed by atoms with Gasteiger partial charge in [-0.1, -0.05) is 48.5 Å². The molecule has 9 nitrogen and oxygen atoms in total. The van der Waals surface area contributed by atoms with Crippen LogP contribution in [0.5, 0.6) is 17.2 Å². The van der Waals surface area contributed by atoms with E-state index in [-0.39, 0.29) is 11.3 Å². The lowest BCUT2D eigenvalue weighted by Crippen LogP contribution is -2.31. The molecular formula is C32H26N2O7S. The first-order valence-corrected chi connectivity index (χ1v) is 14.1. The number of Topliss-reactive ketones (excluding diaryl/α,β-unsaturated/α-hetero) is 1. The summed E-state index contributed by atoms with van der Waals surface area (Å²) in [5.74, 6) is -0.692. The molecular weight excluding hydrogens is 556 g/mol. The number of carbonyl (C=O) groups is 2. The molecule has 1 N–H and O–H groups in total. The van der Waals surface area contributed by atoms with Crippen molar-refractivity contribution in [1.29, 1.82) is 0 Å². The molecule has 2 aromatic heterocycles. The first kappa shape index (κ1) is 27.1. The number of carbonyl (C=O) groups excluding carboxylic acids is 2. The van der Waals surface area contributed by atoms with Gasteiger partial charge in [-0.3, -0.25) is 14.5 Å². The number of hydrogen-bond acceptors (Lipinski definition) is 9. The Morgan fingerprint density at radius 1 is 1.02 bits per heavy atom. The van der Waals surface area contributed by atoms with E-state index in [1.807, 2.05) is 37.3 Å². The molecule has 10 heteroatoms. The van der Waals surface area contributed by atoms with E-state index in [1.165, 1.54) is 23.3 Å². The Morgan fingerprint density at radius 3 is 2.60 bits per heavy atom. The number of anilines is 1. The van der Waals surface area contributed by atoms with Gasteiger partial charge in [-0.15, -0.1) is 11.3 Å². The van der Waals surface area contributed by atoms with Gasteiger partial charge >= 0.3 is 0 Å². The molecule has 0 bridgehead atoms. The standard InChI is InChI=1S/C32H26N2O7S/c1-3-39-24-16-20(12-13-22(24)40-18-19-8-5-4-6-9-19)27-26(29(36)31(37)34(27)32-33-14-15-42-32)28(35)25-17-21-10-7-11-23(38-2)30(21)41-25/h4-17,27,36H,3,18H2,1-2H3. The van der Waals surface area contributed by atoms with Gasteiger partial charge in [-0.05, 0) is 42.3 Å². The minimum absolute atomic E-state index is 0.0392. The van der Waals surface area contributed by atoms with Gasteiger partial charge in [-0.25, -0.2) is 4.98 Å². The Balaban J connectivity index is 1.42. The molecule has 0 spiro atoms. The first-order chi connectivity index (χ1) is 20.5. The van der Waals surface area contributed by atoms with E-state index in [9.17, 15) is 14.7 Å². The molecule has 0 radical (unpaired) electrons. The number of aliphatic hydroxyl groups excluding tert-OH is 1. The molecule has 5 aromatic rings. The number of furan rings is 1. The van der Waals surface area contributed by atoms with Crippen LogP contribution in [-0.2, 0) is 11.4 Å². The highest BCUT2D eigenvalue weighted by atomic mass is 32.1. The normalized spacial score (nSPS) is 15.0. The summed E-state index contributed by atoms with van der Waals surface area (Å²) in [7, 11) is 1.51. The van der Waals surface area contributed by atoms with Gasteiger partial charge in [0, 0.05) is 17.0 Å². The Labute approximate surface area is 245 Å². The van der Waals surface area contributed by atoms with Crippen LogP contribution in [0.4, 0.5) is 5.13 Å². The number of benzene rings is 3. The number of aliphatic hydroxyl groups is 1. The van der Waals surface area contributed by atoms with Crippen LogP contribution < -0.4 is 19.1 Å². The van der Waals surface area contributed by atoms with Gasteiger partial charge in [0.2, 0.25) is 5.78 Å². The summed E-state index contributed by atoms with van der Waals surface area (Å²) < 4.78 is 23.3. The summed E-state index contributed by atoms with van der Waals surface area (Å²) in [6.45, 7) is 2.54. The molecule has 42 heavy (non-hydrogen) atoms. The maximum atomic E-state index is 14.0. The topological polar surface area (TPSA) is 111 Å². The molecule has 1 aliphatic heterocycles. The van der Waals surface area contributed by atoms with Gasteiger partial charge in [0.15, 0.2) is 39.5 Å². The average Bonchev–Trinajstić information content (AvgIpc) is 3.75. The van der Waals surface area contributed by atoms with E-state index in [2.05, 4.69) is 4.98 Å². The van der Waals surface area contributed by atoms with Crippen LogP contribution in [-0.4, -0.2) is 35.5 Å². The van der Waals surface area contributed by atoms with Gasteiger partial charge in [-0.2, -0.15) is 0 Å². The van der Waals surface area contributed by atoms with Crippen molar-refractivity contribution in [3.8, 4) is 17.2 Å². The van der Waals surface area contributed by atoms with Gasteiger partial charge < -0.3 is 23.7 Å². The van der Waals surface area contributed by atoms with Crippen molar-refractivity contribution in [3.63, 3.8) is 0 Å². The molecule has 0 fully saturated rings. The van der Waals surface area contributed by atoms with Crippen molar-refractivity contribution < 1.29 is 33.3 Å². The molecule has 0 saturated heterocycles. The van der Waals surface area contributed by atoms with Crippen molar-refractivity contribution in [2.24, 2.45) is 0 Å². The number of aromatic nitrogens is 1. The van der Waals surface area contributed by atoms with E-state index in [1.54, 1.807) is 54.0 Å². The molecule has 1 aliphatic rings. The van der Waals surface area contributed by atoms with Crippen LogP contribution in [0.15, 0.2) is 100 Å². The zero-order valence-electron chi connectivity index (χ0n) is 22.8. The molecule has 212 valence electrons. The lowest BCUT2D eigenvalue weighted by molar-refractivity contribution is -0.117. The zero-order valence-corrected chi connectivity index (χ0v) is 23.6. The smallest absolute Gasteiger partial charge is 0.296 e. The predicted octanol–water partition coefficient (Wildman–Crippen LogP) is 6.66. The summed E-state index contributed by atoms with van der Waals surface area (Å²) in [5, 5.41) is 13.8. The Kier molecular flexibility index (Phi) is 7.37. The molecule has 0 saturated carbocycles. The van der Waals surface area contributed by atoms with Crippen molar-refractivity contribution in [3.05, 3.63) is 113 Å². The quantitative estimate of drug-likeness (QED) is 0.182. The summed E-state index contributed by atoms with van der Waals surface area (Å²) in [6, 6.07) is 20.8. The number of amides is 1. The summed E-state index contributed by atoms with van der Waals surface area (Å²) in [6.07, 6.45) is 1.55. The molecule has 1 unspecified atom stereocenters. The lowest BCUT2D eigenvalue weighted by atomic mass is 9.95. The first-order valence-electron chi connectivity index (χ1n) is 13.2. The largest absolute Gasteiger partial charge is 0.503 e. The molecule has 1 amide bonds. The third kappa shape index (κ3) is 4.86. The average molecular weight is 583 g/mol. The molecule has 6 rings (SSSR count). The number of ether oxygens (including phenoxy) is 3. The highest BCUT2D eigenvalue weighted by Gasteiger charge is 2.46. The number of nitrogens with zero attached hydrogens (tertiary/aromatic N) is 2. The second-order valence-electron chi connectivity index (χ2n) is 9.39. The zero-order chi connectivity index (χ0) is 29.2. The monoisotopic (exact) mass is 582 g/mol. The second kappa shape index (κ2) is 11.4. The van der Waals surface area contributed by atoms with E-state index < -0.39 is 23.5 Å². The van der Waals surface area contributed by atoms with E-state index in [0.29, 0.717) is 52.1 Å². The Morgan fingerprint density at radius 2 is 1.86 bits per heavy atom. The fraction of sp³-hybridized carbons (Fsp3) is 0.156. The third-order valence-corrected chi connectivity index (χ3v) is 7.62. The maximum Gasteiger partial charge on any atom is 0.296 e. The van der Waals surface area contributed by atoms with Crippen LogP contribution in [0, 0.1) is 0 Å². The third-order valence-electron chi connectivity index (χ3n) is 6.85. The maximum absolute atomic E-state index is 14.0. The van der Waals surface area contributed by atoms with Crippen LogP contribution >= 0.6 is 11.3 Å². The van der Waals surface area contributed by atoms with Crippen LogP contribution in [0.25, 0.3) is 11.0 Å². The summed E-state index contributed by atoms with van der Waals surface area (Å²) >= 11 is 1.22. The lowest BCUT2D eigenvalue weighted by Gasteiger charge is -2.25. The SMILES string of the molecule is CCOc1cc(C2C(C(=O)c3cc4cccc(OC)c4o3)=C(O)C(=O)N2c2nccs2)ccc1OCc1ccccc1. The van der Waals surface area contributed by atoms with Gasteiger partial charge in [0.05, 0.1) is 25.3 Å². The number of fused-ring (bicyclic) bond motifs is 1. The van der Waals surface area contributed by atoms with Gasteiger partial charge in [0.25, 0.3) is 5.91 Å². The van der Waals surface area contributed by atoms with Gasteiger partial charge in [0.1, 0.15) is 6.61 Å². The van der Waals surface area contributed by atoms with Crippen LogP contribution in [0.3, 0.4) is 0 Å². The number of thiazole rings is 1. The second-order valence-corrected chi connectivity index (χ2v) is 10.3. The number of ketones is 1. The van der Waals surface area contributed by atoms with E-state index in [4.69, 9.17) is 18.6 Å². The number of rotatable bonds is 10. The van der Waals surface area contributed by atoms with E-state index in [0.717, 1.165) is 5.56 Å². The van der Waals surface area contributed by atoms with Crippen LogP contribution in [0.2, 0.25) is 0 Å². The molecule has 0 aliphatic carbocycles. The fourth-order valence-electron chi connectivity index (χ4n) is 4.94. The highest BCUT2D eigenvalue weighted by Crippen LogP contribution is 2.45. The highest BCUT2D eigenvalue weighted by molar-refractivity contribution is 7.13. The number of para-hydroxylation sites is 1. The van der Waals surface area contributed by atoms with Crippen molar-refractivity contribution in [2.45, 2.75) is 19.6 Å². The molecule has 1 atom stereocenters. The Bertz CT molecular complexity index is 1790. The number of hydrogen-bond donors (Lipinski definition) is 1. The predicted molar refractivity (Wildman–Crippen MR) is 157 cm³/mol. The summed E-state index contributed by atoms with van der Waals surface area (Å²) in [5.41, 5.74) is 1.77. The molecule has 3 heterocycles. The number of methoxy groups -OCH3 is 1. The molecule has 3 aromatic carbocycles. The fourth-order valence-corrected chi connectivity index (χ4v) is 5.61. The minimum atomic E-state index is -1.01. The minimum Gasteiger partial charge on any atom is -0.503 e. The summed E-state index contributed by atoms with van der Waals surface area (Å²) in [4.78, 5) is 33.1. The van der Waals surface area contributed by atoms with Crippen LogP contribution in [0.1, 0.15) is 34.6 Å². The van der Waals surface area contributed by atoms with Crippen molar-refractivity contribution >= 4 is 39.1 Å². The van der Waals surface area contributed by atoms with E-state index >= 15 is 0 Å². The Hall–Kier alpha value is -5.09. The van der Waals surface area contributed by atoms with Crippen molar-refractivity contribution in [2.75, 3.05) is 18.6 Å². The van der Waals surface area contributed by atoms with Crippen molar-refractivity contribution in [1.82, 2.24) is 4.98 Å².